The van der Waals surface area contributed by atoms with E-state index in [1.807, 2.05) is 63.2 Å². The lowest BCUT2D eigenvalue weighted by atomic mass is 10.1. The Hall–Kier alpha value is -2.49. The van der Waals surface area contributed by atoms with Gasteiger partial charge in [0.1, 0.15) is 11.5 Å². The summed E-state index contributed by atoms with van der Waals surface area (Å²) in [6.07, 6.45) is 0.0232. The van der Waals surface area contributed by atoms with Crippen molar-refractivity contribution in [1.29, 1.82) is 0 Å². The summed E-state index contributed by atoms with van der Waals surface area (Å²) in [4.78, 5) is 12.4. The lowest BCUT2D eigenvalue weighted by Gasteiger charge is -2.14. The topological polar surface area (TPSA) is 47.6 Å². The van der Waals surface area contributed by atoms with Crippen molar-refractivity contribution in [2.75, 3.05) is 6.61 Å². The Morgan fingerprint density at radius 1 is 1.09 bits per heavy atom. The molecule has 0 saturated heterocycles. The minimum Gasteiger partial charge on any atom is -0.494 e. The van der Waals surface area contributed by atoms with E-state index in [2.05, 4.69) is 5.32 Å². The second-order valence-electron chi connectivity index (χ2n) is 5.42. The van der Waals surface area contributed by atoms with E-state index in [0.29, 0.717) is 24.5 Å². The molecule has 0 aliphatic heterocycles. The Balaban J connectivity index is 1.99. The molecule has 0 unspecified atom stereocenters. The van der Waals surface area contributed by atoms with Crippen LogP contribution in [0.25, 0.3) is 0 Å². The molecule has 0 fully saturated rings. The number of amides is 1. The van der Waals surface area contributed by atoms with Crippen LogP contribution in [0.3, 0.4) is 0 Å². The van der Waals surface area contributed by atoms with Crippen LogP contribution in [0.2, 0.25) is 0 Å². The van der Waals surface area contributed by atoms with Gasteiger partial charge in [-0.2, -0.15) is 0 Å². The van der Waals surface area contributed by atoms with Crippen molar-refractivity contribution in [3.05, 3.63) is 59.7 Å². The maximum Gasteiger partial charge on any atom is 0.255 e. The van der Waals surface area contributed by atoms with Crippen molar-refractivity contribution in [2.45, 2.75) is 33.4 Å². The standard InChI is InChI=1S/C19H23NO3/c1-4-22-16-11-9-15(10-12-16)13-20-19(21)17-7-5-6-8-18(17)23-14(2)3/h5-12,14H,4,13H2,1-3H3,(H,20,21). The third-order valence-corrected chi connectivity index (χ3v) is 3.18. The molecule has 0 aliphatic carbocycles. The third kappa shape index (κ3) is 5.02. The highest BCUT2D eigenvalue weighted by molar-refractivity contribution is 5.96. The smallest absolute Gasteiger partial charge is 0.255 e. The summed E-state index contributed by atoms with van der Waals surface area (Å²) >= 11 is 0. The number of hydrogen-bond donors (Lipinski definition) is 1. The molecule has 2 aromatic rings. The van der Waals surface area contributed by atoms with Gasteiger partial charge in [0.15, 0.2) is 0 Å². The molecule has 2 rings (SSSR count). The van der Waals surface area contributed by atoms with Gasteiger partial charge in [0, 0.05) is 6.54 Å². The summed E-state index contributed by atoms with van der Waals surface area (Å²) in [5, 5.41) is 2.92. The lowest BCUT2D eigenvalue weighted by molar-refractivity contribution is 0.0945. The van der Waals surface area contributed by atoms with E-state index in [4.69, 9.17) is 9.47 Å². The molecule has 0 spiro atoms. The van der Waals surface area contributed by atoms with Gasteiger partial charge in [-0.1, -0.05) is 24.3 Å². The Labute approximate surface area is 137 Å². The molecule has 122 valence electrons. The van der Waals surface area contributed by atoms with Gasteiger partial charge in [-0.25, -0.2) is 0 Å². The molecule has 0 heterocycles. The normalized spacial score (nSPS) is 10.4. The van der Waals surface area contributed by atoms with E-state index in [-0.39, 0.29) is 12.0 Å². The minimum absolute atomic E-state index is 0.0232. The Morgan fingerprint density at radius 3 is 2.43 bits per heavy atom. The molecule has 1 N–H and O–H groups in total. The van der Waals surface area contributed by atoms with Crippen LogP contribution < -0.4 is 14.8 Å². The van der Waals surface area contributed by atoms with Crippen molar-refractivity contribution in [3.8, 4) is 11.5 Å². The zero-order valence-electron chi connectivity index (χ0n) is 13.8. The van der Waals surface area contributed by atoms with Gasteiger partial charge < -0.3 is 14.8 Å². The number of ether oxygens (including phenoxy) is 2. The van der Waals surface area contributed by atoms with Crippen molar-refractivity contribution in [1.82, 2.24) is 5.32 Å². The summed E-state index contributed by atoms with van der Waals surface area (Å²) < 4.78 is 11.1. The van der Waals surface area contributed by atoms with Crippen LogP contribution in [0.5, 0.6) is 11.5 Å². The number of carbonyl (C=O) groups is 1. The van der Waals surface area contributed by atoms with E-state index in [1.54, 1.807) is 6.07 Å². The Kier molecular flexibility index (Phi) is 6.03. The molecule has 0 aromatic heterocycles. The minimum atomic E-state index is -0.143. The van der Waals surface area contributed by atoms with Gasteiger partial charge in [-0.15, -0.1) is 0 Å². The SMILES string of the molecule is CCOc1ccc(CNC(=O)c2ccccc2OC(C)C)cc1. The number of rotatable bonds is 7. The number of carbonyl (C=O) groups excluding carboxylic acids is 1. The largest absolute Gasteiger partial charge is 0.494 e. The maximum absolute atomic E-state index is 12.4. The van der Waals surface area contributed by atoms with Crippen LogP contribution in [0, 0.1) is 0 Å². The highest BCUT2D eigenvalue weighted by atomic mass is 16.5. The second kappa shape index (κ2) is 8.22. The van der Waals surface area contributed by atoms with Crippen molar-refractivity contribution < 1.29 is 14.3 Å². The molecule has 0 atom stereocenters. The summed E-state index contributed by atoms with van der Waals surface area (Å²) in [5.74, 6) is 1.29. The fourth-order valence-electron chi connectivity index (χ4n) is 2.16. The van der Waals surface area contributed by atoms with E-state index in [0.717, 1.165) is 11.3 Å². The molecule has 4 nitrogen and oxygen atoms in total. The molecule has 4 heteroatoms. The number of nitrogens with one attached hydrogen (secondary N) is 1. The first-order valence-corrected chi connectivity index (χ1v) is 7.85. The highest BCUT2D eigenvalue weighted by Crippen LogP contribution is 2.19. The zero-order chi connectivity index (χ0) is 16.7. The molecular formula is C19H23NO3. The highest BCUT2D eigenvalue weighted by Gasteiger charge is 2.12. The van der Waals surface area contributed by atoms with Crippen LogP contribution in [0.1, 0.15) is 36.7 Å². The zero-order valence-corrected chi connectivity index (χ0v) is 13.8. The molecule has 23 heavy (non-hydrogen) atoms. The van der Waals surface area contributed by atoms with Gasteiger partial charge in [0.25, 0.3) is 5.91 Å². The fourth-order valence-corrected chi connectivity index (χ4v) is 2.16. The van der Waals surface area contributed by atoms with E-state index < -0.39 is 0 Å². The summed E-state index contributed by atoms with van der Waals surface area (Å²) in [6, 6.07) is 15.0. The predicted octanol–water partition coefficient (Wildman–Crippen LogP) is 3.80. The quantitative estimate of drug-likeness (QED) is 0.845. The second-order valence-corrected chi connectivity index (χ2v) is 5.42. The molecule has 0 saturated carbocycles. The first-order valence-electron chi connectivity index (χ1n) is 7.85. The summed E-state index contributed by atoms with van der Waals surface area (Å²) in [6.45, 7) is 6.93. The molecule has 0 radical (unpaired) electrons. The maximum atomic E-state index is 12.4. The van der Waals surface area contributed by atoms with Crippen LogP contribution in [0.15, 0.2) is 48.5 Å². The third-order valence-electron chi connectivity index (χ3n) is 3.18. The van der Waals surface area contributed by atoms with Crippen LogP contribution >= 0.6 is 0 Å². The van der Waals surface area contributed by atoms with E-state index >= 15 is 0 Å². The van der Waals surface area contributed by atoms with Gasteiger partial charge >= 0.3 is 0 Å². The summed E-state index contributed by atoms with van der Waals surface area (Å²) in [5.41, 5.74) is 1.57. The van der Waals surface area contributed by atoms with Crippen molar-refractivity contribution in [2.24, 2.45) is 0 Å². The average Bonchev–Trinajstić information content (AvgIpc) is 2.54. The number of benzene rings is 2. The van der Waals surface area contributed by atoms with E-state index in [1.165, 1.54) is 0 Å². The van der Waals surface area contributed by atoms with Crippen molar-refractivity contribution >= 4 is 5.91 Å². The van der Waals surface area contributed by atoms with Crippen molar-refractivity contribution in [3.63, 3.8) is 0 Å². The molecule has 0 bridgehead atoms. The molecule has 1 amide bonds. The number of para-hydroxylation sites is 1. The number of hydrogen-bond acceptors (Lipinski definition) is 3. The first kappa shape index (κ1) is 16.9. The first-order chi connectivity index (χ1) is 11.1. The molecule has 2 aromatic carbocycles. The molecular weight excluding hydrogens is 290 g/mol. The molecule has 0 aliphatic rings. The average molecular weight is 313 g/mol. The van der Waals surface area contributed by atoms with Gasteiger partial charge in [0.2, 0.25) is 0 Å². The fraction of sp³-hybridized carbons (Fsp3) is 0.316. The van der Waals surface area contributed by atoms with Crippen LogP contribution in [-0.2, 0) is 6.54 Å². The van der Waals surface area contributed by atoms with Gasteiger partial charge in [-0.05, 0) is 50.6 Å². The van der Waals surface area contributed by atoms with Gasteiger partial charge in [-0.3, -0.25) is 4.79 Å². The van der Waals surface area contributed by atoms with Crippen LogP contribution in [-0.4, -0.2) is 18.6 Å². The monoisotopic (exact) mass is 313 g/mol. The Morgan fingerprint density at radius 2 is 1.78 bits per heavy atom. The predicted molar refractivity (Wildman–Crippen MR) is 91.0 cm³/mol. The Bertz CT molecular complexity index is 635. The van der Waals surface area contributed by atoms with E-state index in [9.17, 15) is 4.79 Å². The van der Waals surface area contributed by atoms with Gasteiger partial charge in [0.05, 0.1) is 18.3 Å². The van der Waals surface area contributed by atoms with Crippen LogP contribution in [0.4, 0.5) is 0 Å². The summed E-state index contributed by atoms with van der Waals surface area (Å²) in [7, 11) is 0. The lowest BCUT2D eigenvalue weighted by Crippen LogP contribution is -2.24.